The Morgan fingerprint density at radius 3 is 2.94 bits per heavy atom. The van der Waals surface area contributed by atoms with Gasteiger partial charge in [0.2, 0.25) is 0 Å². The Balaban J connectivity index is 1.94. The van der Waals surface area contributed by atoms with Crippen LogP contribution in [0.1, 0.15) is 18.4 Å². The van der Waals surface area contributed by atoms with Gasteiger partial charge >= 0.3 is 0 Å². The Bertz CT molecular complexity index is 499. The molecule has 4 heteroatoms. The quantitative estimate of drug-likeness (QED) is 0.868. The fraction of sp³-hybridized carbons (Fsp3) is 0.385. The lowest BCUT2D eigenvalue weighted by molar-refractivity contribution is 0.564. The molecule has 0 aromatic carbocycles. The van der Waals surface area contributed by atoms with E-state index in [0.717, 1.165) is 29.3 Å². The molecule has 2 aromatic rings. The minimum Gasteiger partial charge on any atom is -0.326 e. The molecule has 0 bridgehead atoms. The Morgan fingerprint density at radius 2 is 2.29 bits per heavy atom. The van der Waals surface area contributed by atoms with E-state index in [2.05, 4.69) is 16.3 Å². The molecule has 2 N–H and O–H groups in total. The smallest absolute Gasteiger partial charge is 0.0983 e. The summed E-state index contributed by atoms with van der Waals surface area (Å²) >= 11 is 0. The molecule has 1 saturated carbocycles. The summed E-state index contributed by atoms with van der Waals surface area (Å²) < 4.78 is 2.03. The number of pyridine rings is 1. The van der Waals surface area contributed by atoms with Gasteiger partial charge in [-0.05, 0) is 30.9 Å². The number of hydrogen-bond donors (Lipinski definition) is 1. The highest BCUT2D eigenvalue weighted by molar-refractivity contribution is 5.61. The van der Waals surface area contributed by atoms with Gasteiger partial charge in [-0.15, -0.1) is 0 Å². The number of hydrogen-bond acceptors (Lipinski definition) is 3. The fourth-order valence-electron chi connectivity index (χ4n) is 2.02. The summed E-state index contributed by atoms with van der Waals surface area (Å²) in [7, 11) is 0. The highest BCUT2D eigenvalue weighted by Gasteiger charge is 2.22. The fourth-order valence-corrected chi connectivity index (χ4v) is 2.02. The Kier molecular flexibility index (Phi) is 2.65. The van der Waals surface area contributed by atoms with Crippen molar-refractivity contribution in [1.82, 2.24) is 14.8 Å². The van der Waals surface area contributed by atoms with Crippen LogP contribution >= 0.6 is 0 Å². The van der Waals surface area contributed by atoms with Crippen LogP contribution in [-0.4, -0.2) is 14.8 Å². The highest BCUT2D eigenvalue weighted by Crippen LogP contribution is 2.31. The zero-order valence-corrected chi connectivity index (χ0v) is 9.71. The summed E-state index contributed by atoms with van der Waals surface area (Å²) in [6, 6.07) is 3.95. The third kappa shape index (κ3) is 2.22. The summed E-state index contributed by atoms with van der Waals surface area (Å²) in [5.74, 6) is 0.822. The molecule has 3 rings (SSSR count). The van der Waals surface area contributed by atoms with E-state index in [4.69, 9.17) is 5.73 Å². The van der Waals surface area contributed by atoms with Crippen LogP contribution in [0.15, 0.2) is 30.7 Å². The molecule has 0 aliphatic heterocycles. The van der Waals surface area contributed by atoms with E-state index < -0.39 is 0 Å². The Hall–Kier alpha value is -1.68. The van der Waals surface area contributed by atoms with Crippen LogP contribution in [0.3, 0.4) is 0 Å². The molecule has 2 aromatic heterocycles. The average Bonchev–Trinajstić information content (AvgIpc) is 3.08. The topological polar surface area (TPSA) is 56.7 Å². The third-order valence-corrected chi connectivity index (χ3v) is 3.13. The lowest BCUT2D eigenvalue weighted by Crippen LogP contribution is -2.00. The van der Waals surface area contributed by atoms with Crippen molar-refractivity contribution < 1.29 is 0 Å². The summed E-state index contributed by atoms with van der Waals surface area (Å²) in [5.41, 5.74) is 8.89. The van der Waals surface area contributed by atoms with Crippen molar-refractivity contribution in [2.75, 3.05) is 0 Å². The third-order valence-electron chi connectivity index (χ3n) is 3.13. The molecule has 2 heterocycles. The van der Waals surface area contributed by atoms with Crippen molar-refractivity contribution in [3.8, 4) is 11.3 Å². The van der Waals surface area contributed by atoms with Gasteiger partial charge in [-0.3, -0.25) is 9.67 Å². The molecule has 0 spiro atoms. The van der Waals surface area contributed by atoms with Crippen LogP contribution in [0.4, 0.5) is 0 Å². The standard InChI is InChI=1S/C13H16N4/c14-6-12-9-17(8-10-3-4-10)16-13(12)11-2-1-5-15-7-11/h1-2,5,7,9-10H,3-4,6,8,14H2. The number of aromatic nitrogens is 3. The molecule has 0 unspecified atom stereocenters. The molecule has 1 aliphatic carbocycles. The molecule has 4 nitrogen and oxygen atoms in total. The second-order valence-electron chi connectivity index (χ2n) is 4.61. The number of nitrogens with two attached hydrogens (primary N) is 1. The molecular weight excluding hydrogens is 212 g/mol. The summed E-state index contributed by atoms with van der Waals surface area (Å²) in [5, 5.41) is 4.63. The number of rotatable bonds is 4. The molecule has 0 atom stereocenters. The van der Waals surface area contributed by atoms with Gasteiger partial charge in [0.05, 0.1) is 5.69 Å². The molecule has 1 aliphatic rings. The Labute approximate surface area is 100 Å². The number of nitrogens with zero attached hydrogens (tertiary/aromatic N) is 3. The van der Waals surface area contributed by atoms with E-state index in [9.17, 15) is 0 Å². The average molecular weight is 228 g/mol. The minimum absolute atomic E-state index is 0.523. The van der Waals surface area contributed by atoms with Gasteiger partial charge in [-0.2, -0.15) is 5.10 Å². The first-order chi connectivity index (χ1) is 8.36. The van der Waals surface area contributed by atoms with Gasteiger partial charge in [0.15, 0.2) is 0 Å². The molecule has 88 valence electrons. The summed E-state index contributed by atoms with van der Waals surface area (Å²) in [6.45, 7) is 1.54. The maximum atomic E-state index is 5.77. The van der Waals surface area contributed by atoms with Crippen LogP contribution in [0, 0.1) is 5.92 Å². The second-order valence-corrected chi connectivity index (χ2v) is 4.61. The first-order valence-electron chi connectivity index (χ1n) is 6.03. The maximum absolute atomic E-state index is 5.77. The predicted octanol–water partition coefficient (Wildman–Crippen LogP) is 1.81. The van der Waals surface area contributed by atoms with Gasteiger partial charge < -0.3 is 5.73 Å². The first-order valence-corrected chi connectivity index (χ1v) is 6.03. The molecule has 0 saturated heterocycles. The molecule has 1 fully saturated rings. The van der Waals surface area contributed by atoms with Crippen LogP contribution < -0.4 is 5.73 Å². The second kappa shape index (κ2) is 4.30. The lowest BCUT2D eigenvalue weighted by atomic mass is 10.1. The van der Waals surface area contributed by atoms with E-state index in [1.807, 2.05) is 23.0 Å². The van der Waals surface area contributed by atoms with E-state index >= 15 is 0 Å². The SMILES string of the molecule is NCc1cn(CC2CC2)nc1-c1cccnc1. The molecule has 0 radical (unpaired) electrons. The van der Waals surface area contributed by atoms with Crippen molar-refractivity contribution in [2.24, 2.45) is 11.7 Å². The van der Waals surface area contributed by atoms with Gasteiger partial charge in [0.25, 0.3) is 0 Å². The van der Waals surface area contributed by atoms with E-state index in [0.29, 0.717) is 6.54 Å². The van der Waals surface area contributed by atoms with Crippen LogP contribution in [0.5, 0.6) is 0 Å². The maximum Gasteiger partial charge on any atom is 0.0983 e. The van der Waals surface area contributed by atoms with Crippen LogP contribution in [0.2, 0.25) is 0 Å². The molecular formula is C13H16N4. The normalized spacial score (nSPS) is 15.1. The summed E-state index contributed by atoms with van der Waals surface area (Å²) in [4.78, 5) is 4.13. The molecule has 0 amide bonds. The molecule has 17 heavy (non-hydrogen) atoms. The van der Waals surface area contributed by atoms with E-state index in [1.165, 1.54) is 12.8 Å². The lowest BCUT2D eigenvalue weighted by Gasteiger charge is -1.98. The van der Waals surface area contributed by atoms with Crippen molar-refractivity contribution >= 4 is 0 Å². The summed E-state index contributed by atoms with van der Waals surface area (Å²) in [6.07, 6.45) is 8.34. The van der Waals surface area contributed by atoms with Crippen molar-refractivity contribution in [1.29, 1.82) is 0 Å². The van der Waals surface area contributed by atoms with Gasteiger partial charge in [0, 0.05) is 42.8 Å². The zero-order valence-electron chi connectivity index (χ0n) is 9.71. The van der Waals surface area contributed by atoms with Gasteiger partial charge in [-0.1, -0.05) is 0 Å². The zero-order chi connectivity index (χ0) is 11.7. The van der Waals surface area contributed by atoms with Crippen molar-refractivity contribution in [3.63, 3.8) is 0 Å². The Morgan fingerprint density at radius 1 is 1.41 bits per heavy atom. The minimum atomic E-state index is 0.523. The van der Waals surface area contributed by atoms with Crippen LogP contribution in [0.25, 0.3) is 11.3 Å². The van der Waals surface area contributed by atoms with E-state index in [-0.39, 0.29) is 0 Å². The van der Waals surface area contributed by atoms with Crippen LogP contribution in [-0.2, 0) is 13.1 Å². The van der Waals surface area contributed by atoms with E-state index in [1.54, 1.807) is 6.20 Å². The first kappa shape index (κ1) is 10.5. The van der Waals surface area contributed by atoms with Gasteiger partial charge in [0.1, 0.15) is 0 Å². The van der Waals surface area contributed by atoms with Crippen molar-refractivity contribution in [3.05, 3.63) is 36.3 Å². The highest BCUT2D eigenvalue weighted by atomic mass is 15.3. The largest absolute Gasteiger partial charge is 0.326 e. The predicted molar refractivity (Wildman–Crippen MR) is 66.1 cm³/mol. The van der Waals surface area contributed by atoms with Crippen molar-refractivity contribution in [2.45, 2.75) is 25.9 Å². The monoisotopic (exact) mass is 228 g/mol. The van der Waals surface area contributed by atoms with Gasteiger partial charge in [-0.25, -0.2) is 0 Å².